The summed E-state index contributed by atoms with van der Waals surface area (Å²) >= 11 is 3.40. The molecule has 2 nitrogen and oxygen atoms in total. The molecular weight excluding hydrogens is 254 g/mol. The number of hydrogen-bond donors (Lipinski definition) is 1. The van der Waals surface area contributed by atoms with E-state index in [1.54, 1.807) is 0 Å². The lowest BCUT2D eigenvalue weighted by atomic mass is 9.85. The van der Waals surface area contributed by atoms with Gasteiger partial charge in [-0.05, 0) is 30.5 Å². The third-order valence-corrected chi connectivity index (χ3v) is 3.47. The number of amides is 1. The highest BCUT2D eigenvalue weighted by Gasteiger charge is 2.24. The Morgan fingerprint density at radius 3 is 2.87 bits per heavy atom. The summed E-state index contributed by atoms with van der Waals surface area (Å²) in [5.41, 5.74) is 2.09. The van der Waals surface area contributed by atoms with Gasteiger partial charge >= 0.3 is 0 Å². The number of carbonyl (C=O) groups is 1. The van der Waals surface area contributed by atoms with E-state index in [9.17, 15) is 4.79 Å². The fourth-order valence-corrected chi connectivity index (χ4v) is 2.00. The largest absolute Gasteiger partial charge is 0.326 e. The number of benzene rings is 1. The molecule has 1 aromatic carbocycles. The molecular formula is C12H14BrNO. The first-order chi connectivity index (χ1) is 7.29. The second-order valence-corrected chi connectivity index (χ2v) is 4.51. The first-order valence-corrected chi connectivity index (χ1v) is 6.37. The van der Waals surface area contributed by atoms with E-state index in [-0.39, 0.29) is 11.8 Å². The first-order valence-electron chi connectivity index (χ1n) is 5.25. The molecule has 1 aromatic rings. The topological polar surface area (TPSA) is 29.1 Å². The summed E-state index contributed by atoms with van der Waals surface area (Å²) in [6.07, 6.45) is 3.29. The molecule has 0 aliphatic heterocycles. The van der Waals surface area contributed by atoms with Crippen molar-refractivity contribution in [3.8, 4) is 0 Å². The molecule has 0 atom stereocenters. The number of rotatable bonds is 3. The molecule has 1 saturated carbocycles. The SMILES string of the molecule is O=C(Nc1cccc(CBr)c1)C1CCC1. The zero-order valence-electron chi connectivity index (χ0n) is 8.50. The maximum absolute atomic E-state index is 11.7. The predicted molar refractivity (Wildman–Crippen MR) is 65.0 cm³/mol. The Morgan fingerprint density at radius 1 is 1.47 bits per heavy atom. The van der Waals surface area contributed by atoms with E-state index in [0.29, 0.717) is 0 Å². The van der Waals surface area contributed by atoms with Crippen LogP contribution in [0.3, 0.4) is 0 Å². The van der Waals surface area contributed by atoms with Gasteiger partial charge in [0.2, 0.25) is 5.91 Å². The average Bonchev–Trinajstić information content (AvgIpc) is 2.15. The first kappa shape index (κ1) is 10.7. The molecule has 1 fully saturated rings. The van der Waals surface area contributed by atoms with Crippen LogP contribution in [0.15, 0.2) is 24.3 Å². The molecule has 0 unspecified atom stereocenters. The number of nitrogens with one attached hydrogen (secondary N) is 1. The molecule has 0 heterocycles. The lowest BCUT2D eigenvalue weighted by Gasteiger charge is -2.24. The number of carbonyl (C=O) groups excluding carboxylic acids is 1. The molecule has 0 aromatic heterocycles. The molecule has 15 heavy (non-hydrogen) atoms. The van der Waals surface area contributed by atoms with Gasteiger partial charge < -0.3 is 5.32 Å². The molecule has 2 rings (SSSR count). The quantitative estimate of drug-likeness (QED) is 0.837. The summed E-state index contributed by atoms with van der Waals surface area (Å²) in [6.45, 7) is 0. The third-order valence-electron chi connectivity index (χ3n) is 2.82. The highest BCUT2D eigenvalue weighted by atomic mass is 79.9. The average molecular weight is 268 g/mol. The molecule has 1 amide bonds. The van der Waals surface area contributed by atoms with Gasteiger partial charge in [-0.15, -0.1) is 0 Å². The van der Waals surface area contributed by atoms with E-state index in [4.69, 9.17) is 0 Å². The smallest absolute Gasteiger partial charge is 0.227 e. The Labute approximate surface area is 98.2 Å². The standard InChI is InChI=1S/C12H14BrNO/c13-8-9-3-1-6-11(7-9)14-12(15)10-4-2-5-10/h1,3,6-7,10H,2,4-5,8H2,(H,14,15). The van der Waals surface area contributed by atoms with E-state index >= 15 is 0 Å². The van der Waals surface area contributed by atoms with Crippen molar-refractivity contribution in [2.45, 2.75) is 24.6 Å². The van der Waals surface area contributed by atoms with Crippen LogP contribution in [0.2, 0.25) is 0 Å². The van der Waals surface area contributed by atoms with Crippen LogP contribution in [-0.2, 0) is 10.1 Å². The van der Waals surface area contributed by atoms with Crippen molar-refractivity contribution in [1.82, 2.24) is 0 Å². The molecule has 80 valence electrons. The minimum Gasteiger partial charge on any atom is -0.326 e. The normalized spacial score (nSPS) is 15.8. The highest BCUT2D eigenvalue weighted by molar-refractivity contribution is 9.08. The molecule has 0 spiro atoms. The highest BCUT2D eigenvalue weighted by Crippen LogP contribution is 2.27. The zero-order valence-corrected chi connectivity index (χ0v) is 10.1. The fraction of sp³-hybridized carbons (Fsp3) is 0.417. The monoisotopic (exact) mass is 267 g/mol. The number of alkyl halides is 1. The van der Waals surface area contributed by atoms with Crippen LogP contribution in [0.1, 0.15) is 24.8 Å². The van der Waals surface area contributed by atoms with Gasteiger partial charge in [0.05, 0.1) is 0 Å². The molecule has 1 N–H and O–H groups in total. The van der Waals surface area contributed by atoms with Crippen molar-refractivity contribution in [2.24, 2.45) is 5.92 Å². The Hall–Kier alpha value is -0.830. The maximum Gasteiger partial charge on any atom is 0.227 e. The molecule has 1 aliphatic carbocycles. The summed E-state index contributed by atoms with van der Waals surface area (Å²) in [7, 11) is 0. The van der Waals surface area contributed by atoms with Crippen molar-refractivity contribution in [1.29, 1.82) is 0 Å². The van der Waals surface area contributed by atoms with Crippen LogP contribution in [0.5, 0.6) is 0 Å². The summed E-state index contributed by atoms with van der Waals surface area (Å²) in [5, 5.41) is 3.78. The number of halogens is 1. The van der Waals surface area contributed by atoms with E-state index in [2.05, 4.69) is 21.2 Å². The van der Waals surface area contributed by atoms with E-state index in [1.165, 1.54) is 12.0 Å². The van der Waals surface area contributed by atoms with Crippen LogP contribution < -0.4 is 5.32 Å². The molecule has 0 radical (unpaired) electrons. The van der Waals surface area contributed by atoms with Gasteiger partial charge in [0, 0.05) is 16.9 Å². The Bertz CT molecular complexity index is 360. The van der Waals surface area contributed by atoms with Crippen LogP contribution in [0.4, 0.5) is 5.69 Å². The minimum atomic E-state index is 0.174. The van der Waals surface area contributed by atoms with Gasteiger partial charge in [0.25, 0.3) is 0 Å². The van der Waals surface area contributed by atoms with E-state index in [0.717, 1.165) is 23.9 Å². The van der Waals surface area contributed by atoms with Gasteiger partial charge in [0.15, 0.2) is 0 Å². The van der Waals surface area contributed by atoms with Crippen molar-refractivity contribution in [3.05, 3.63) is 29.8 Å². The van der Waals surface area contributed by atoms with E-state index in [1.807, 2.05) is 24.3 Å². The zero-order chi connectivity index (χ0) is 10.7. The fourth-order valence-electron chi connectivity index (χ4n) is 1.65. The van der Waals surface area contributed by atoms with Gasteiger partial charge in [0.1, 0.15) is 0 Å². The van der Waals surface area contributed by atoms with Crippen LogP contribution in [0.25, 0.3) is 0 Å². The van der Waals surface area contributed by atoms with Crippen molar-refractivity contribution in [2.75, 3.05) is 5.32 Å². The maximum atomic E-state index is 11.7. The molecule has 0 bridgehead atoms. The van der Waals surface area contributed by atoms with Gasteiger partial charge in [-0.25, -0.2) is 0 Å². The minimum absolute atomic E-state index is 0.174. The van der Waals surface area contributed by atoms with Crippen LogP contribution in [-0.4, -0.2) is 5.91 Å². The predicted octanol–water partition coefficient (Wildman–Crippen LogP) is 3.32. The Balaban J connectivity index is 1.99. The molecule has 0 saturated heterocycles. The van der Waals surface area contributed by atoms with Gasteiger partial charge in [-0.3, -0.25) is 4.79 Å². The van der Waals surface area contributed by atoms with Crippen molar-refractivity contribution >= 4 is 27.5 Å². The molecule has 3 heteroatoms. The van der Waals surface area contributed by atoms with Gasteiger partial charge in [-0.2, -0.15) is 0 Å². The van der Waals surface area contributed by atoms with Crippen molar-refractivity contribution in [3.63, 3.8) is 0 Å². The second-order valence-electron chi connectivity index (χ2n) is 3.95. The summed E-state index contributed by atoms with van der Waals surface area (Å²) in [5.74, 6) is 0.422. The summed E-state index contributed by atoms with van der Waals surface area (Å²) < 4.78 is 0. The summed E-state index contributed by atoms with van der Waals surface area (Å²) in [4.78, 5) is 11.7. The lowest BCUT2D eigenvalue weighted by molar-refractivity contribution is -0.122. The molecule has 1 aliphatic rings. The van der Waals surface area contributed by atoms with Crippen LogP contribution >= 0.6 is 15.9 Å². The van der Waals surface area contributed by atoms with Crippen molar-refractivity contribution < 1.29 is 4.79 Å². The van der Waals surface area contributed by atoms with Crippen LogP contribution in [0, 0.1) is 5.92 Å². The lowest BCUT2D eigenvalue weighted by Crippen LogP contribution is -2.28. The number of hydrogen-bond acceptors (Lipinski definition) is 1. The third kappa shape index (κ3) is 2.59. The second kappa shape index (κ2) is 4.79. The Kier molecular flexibility index (Phi) is 3.41. The summed E-state index contributed by atoms with van der Waals surface area (Å²) in [6, 6.07) is 7.94. The number of anilines is 1. The van der Waals surface area contributed by atoms with Gasteiger partial charge in [-0.1, -0.05) is 34.5 Å². The Morgan fingerprint density at radius 2 is 2.27 bits per heavy atom. The van der Waals surface area contributed by atoms with E-state index < -0.39 is 0 Å².